The van der Waals surface area contributed by atoms with Crippen molar-refractivity contribution in [2.45, 2.75) is 70.9 Å². The van der Waals surface area contributed by atoms with E-state index in [1.165, 1.54) is 4.90 Å². The first-order valence-electron chi connectivity index (χ1n) is 12.9. The van der Waals surface area contributed by atoms with Crippen molar-refractivity contribution in [1.29, 1.82) is 0 Å². The lowest BCUT2D eigenvalue weighted by Gasteiger charge is -2.35. The molecule has 2 aromatic rings. The van der Waals surface area contributed by atoms with Crippen molar-refractivity contribution < 1.29 is 19.5 Å². The number of anilines is 1. The molecule has 4 atom stereocenters. The van der Waals surface area contributed by atoms with E-state index in [0.717, 1.165) is 54.4 Å². The Hall–Kier alpha value is -2.70. The molecule has 3 aliphatic rings. The van der Waals surface area contributed by atoms with Crippen LogP contribution in [0, 0.1) is 38.5 Å². The van der Waals surface area contributed by atoms with E-state index in [1.54, 1.807) is 18.2 Å². The second-order valence-corrected chi connectivity index (χ2v) is 11.3. The fourth-order valence-corrected chi connectivity index (χ4v) is 6.83. The largest absolute Gasteiger partial charge is 0.480 e. The molecule has 1 aliphatic carbocycles. The number of carboxylic acid groups (broad SMARTS) is 1. The Balaban J connectivity index is 1.64. The number of aliphatic carboxylic acids is 1. The summed E-state index contributed by atoms with van der Waals surface area (Å²) in [6.45, 7) is 5.80. The predicted octanol–water partition coefficient (Wildman–Crippen LogP) is 5.51. The summed E-state index contributed by atoms with van der Waals surface area (Å²) in [4.78, 5) is 42.3. The molecule has 2 N–H and O–H groups in total. The van der Waals surface area contributed by atoms with Crippen molar-refractivity contribution >= 4 is 35.1 Å². The van der Waals surface area contributed by atoms with E-state index in [-0.39, 0.29) is 11.8 Å². The lowest BCUT2D eigenvalue weighted by atomic mass is 9.72. The van der Waals surface area contributed by atoms with Crippen LogP contribution in [0.3, 0.4) is 0 Å². The number of carbonyl (C=O) groups excluding carboxylic acids is 2. The molecule has 1 saturated carbocycles. The summed E-state index contributed by atoms with van der Waals surface area (Å²) in [5.74, 6) is -3.47. The zero-order valence-electron chi connectivity index (χ0n) is 21.0. The summed E-state index contributed by atoms with van der Waals surface area (Å²) in [5.41, 5.74) is 2.59. The number of hydrogen-bond donors (Lipinski definition) is 2. The second kappa shape index (κ2) is 9.31. The van der Waals surface area contributed by atoms with Crippen LogP contribution < -0.4 is 10.2 Å². The van der Waals surface area contributed by atoms with Crippen LogP contribution in [0.15, 0.2) is 36.4 Å². The molecule has 2 aromatic carbocycles. The third-order valence-electron chi connectivity index (χ3n) is 8.55. The number of rotatable bonds is 5. The smallest absolute Gasteiger partial charge is 0.324 e. The molecule has 4 unspecified atom stereocenters. The second-order valence-electron chi connectivity index (χ2n) is 10.9. The van der Waals surface area contributed by atoms with Crippen molar-refractivity contribution in [3.8, 4) is 0 Å². The van der Waals surface area contributed by atoms with Gasteiger partial charge in [-0.2, -0.15) is 0 Å². The monoisotopic (exact) mass is 508 g/mol. The molecular weight excluding hydrogens is 476 g/mol. The van der Waals surface area contributed by atoms with Gasteiger partial charge in [0.05, 0.1) is 17.5 Å². The summed E-state index contributed by atoms with van der Waals surface area (Å²) in [6, 6.07) is 10.5. The van der Waals surface area contributed by atoms with Gasteiger partial charge in [0.15, 0.2) is 0 Å². The summed E-state index contributed by atoms with van der Waals surface area (Å²) in [5, 5.41) is 14.6. The van der Waals surface area contributed by atoms with Crippen LogP contribution in [0.4, 0.5) is 5.69 Å². The van der Waals surface area contributed by atoms with Crippen LogP contribution >= 0.6 is 11.6 Å². The summed E-state index contributed by atoms with van der Waals surface area (Å²) in [7, 11) is 0. The third-order valence-corrected chi connectivity index (χ3v) is 8.96. The van der Waals surface area contributed by atoms with E-state index in [9.17, 15) is 19.5 Å². The molecule has 2 amide bonds. The fourth-order valence-electron chi connectivity index (χ4n) is 6.66. The number of benzene rings is 2. The number of hydrogen-bond acceptors (Lipinski definition) is 4. The number of fused-ring (bicyclic) bond motifs is 1. The van der Waals surface area contributed by atoms with Crippen LogP contribution in [0.25, 0.3) is 0 Å². The highest BCUT2D eigenvalue weighted by Crippen LogP contribution is 2.53. The highest BCUT2D eigenvalue weighted by molar-refractivity contribution is 6.32. The molecule has 7 heteroatoms. The van der Waals surface area contributed by atoms with Gasteiger partial charge < -0.3 is 5.11 Å². The van der Waals surface area contributed by atoms with Gasteiger partial charge in [-0.25, -0.2) is 4.90 Å². The Kier molecular flexibility index (Phi) is 6.46. The molecule has 36 heavy (non-hydrogen) atoms. The molecule has 0 bridgehead atoms. The first kappa shape index (κ1) is 25.0. The van der Waals surface area contributed by atoms with E-state index >= 15 is 0 Å². The van der Waals surface area contributed by atoms with Crippen molar-refractivity contribution in [2.75, 3.05) is 4.90 Å². The maximum absolute atomic E-state index is 14.0. The molecule has 5 rings (SSSR count). The molecule has 0 aromatic heterocycles. The number of aryl methyl sites for hydroxylation is 3. The van der Waals surface area contributed by atoms with Gasteiger partial charge in [0.1, 0.15) is 5.54 Å². The molecule has 2 aliphatic heterocycles. The normalized spacial score (nSPS) is 28.6. The van der Waals surface area contributed by atoms with E-state index in [2.05, 4.69) is 5.32 Å². The SMILES string of the molecule is Cc1ccc(C)c(C2NC(CC3CCCCC3)(C(=O)O)C3C(=O)N(c4ccc(C)c(Cl)c4)C(=O)C23)c1. The van der Waals surface area contributed by atoms with Crippen LogP contribution in [0.5, 0.6) is 0 Å². The fraction of sp³-hybridized carbons (Fsp3) is 0.483. The van der Waals surface area contributed by atoms with Gasteiger partial charge in [0.25, 0.3) is 0 Å². The summed E-state index contributed by atoms with van der Waals surface area (Å²) in [6.07, 6.45) is 5.52. The van der Waals surface area contributed by atoms with Gasteiger partial charge in [-0.1, -0.05) is 73.5 Å². The highest BCUT2D eigenvalue weighted by atomic mass is 35.5. The maximum atomic E-state index is 14.0. The Morgan fingerprint density at radius 3 is 2.39 bits per heavy atom. The van der Waals surface area contributed by atoms with Crippen molar-refractivity contribution in [3.05, 3.63) is 63.7 Å². The third kappa shape index (κ3) is 3.95. The van der Waals surface area contributed by atoms with Crippen molar-refractivity contribution in [3.63, 3.8) is 0 Å². The number of halogens is 1. The van der Waals surface area contributed by atoms with Crippen LogP contribution in [0.2, 0.25) is 5.02 Å². The molecule has 190 valence electrons. The average Bonchev–Trinajstić information content (AvgIpc) is 3.32. The van der Waals surface area contributed by atoms with E-state index in [0.29, 0.717) is 17.1 Å². The predicted molar refractivity (Wildman–Crippen MR) is 139 cm³/mol. The zero-order chi connectivity index (χ0) is 25.8. The van der Waals surface area contributed by atoms with Crippen molar-refractivity contribution in [2.24, 2.45) is 17.8 Å². The number of nitrogens with zero attached hydrogens (tertiary/aromatic N) is 1. The topological polar surface area (TPSA) is 86.7 Å². The molecule has 0 spiro atoms. The average molecular weight is 509 g/mol. The Morgan fingerprint density at radius 1 is 1.03 bits per heavy atom. The Labute approximate surface area is 217 Å². The molecule has 2 saturated heterocycles. The minimum atomic E-state index is -1.51. The van der Waals surface area contributed by atoms with Crippen molar-refractivity contribution in [1.82, 2.24) is 5.32 Å². The standard InChI is InChI=1S/C29H33ClN2O4/c1-16-9-10-17(2)21(13-16)25-23-24(29(31-25,28(35)36)15-19-7-5-4-6-8-19)27(34)32(26(23)33)20-12-11-18(3)22(30)14-20/h9-14,19,23-25,31H,4-8,15H2,1-3H3,(H,35,36). The van der Waals surface area contributed by atoms with Gasteiger partial charge >= 0.3 is 5.97 Å². The lowest BCUT2D eigenvalue weighted by molar-refractivity contribution is -0.150. The minimum Gasteiger partial charge on any atom is -0.480 e. The first-order chi connectivity index (χ1) is 17.1. The number of carbonyl (C=O) groups is 3. The lowest BCUT2D eigenvalue weighted by Crippen LogP contribution is -2.57. The first-order valence-corrected chi connectivity index (χ1v) is 13.2. The van der Waals surface area contributed by atoms with Crippen LogP contribution in [-0.2, 0) is 14.4 Å². The van der Waals surface area contributed by atoms with Gasteiger partial charge in [0.2, 0.25) is 11.8 Å². The Morgan fingerprint density at radius 2 is 1.72 bits per heavy atom. The van der Waals surface area contributed by atoms with Crippen LogP contribution in [-0.4, -0.2) is 28.4 Å². The Bertz CT molecular complexity index is 1240. The minimum absolute atomic E-state index is 0.200. The van der Waals surface area contributed by atoms with E-state index in [1.807, 2.05) is 39.0 Å². The summed E-state index contributed by atoms with van der Waals surface area (Å²) < 4.78 is 0. The number of imide groups is 1. The number of carboxylic acids is 1. The maximum Gasteiger partial charge on any atom is 0.324 e. The molecule has 2 heterocycles. The quantitative estimate of drug-likeness (QED) is 0.520. The van der Waals surface area contributed by atoms with Crippen LogP contribution in [0.1, 0.15) is 66.8 Å². The number of amides is 2. The highest BCUT2D eigenvalue weighted by Gasteiger charge is 2.69. The van der Waals surface area contributed by atoms with E-state index < -0.39 is 35.3 Å². The molecule has 3 fully saturated rings. The van der Waals surface area contributed by atoms with Gasteiger partial charge in [-0.05, 0) is 61.9 Å². The zero-order valence-corrected chi connectivity index (χ0v) is 21.8. The van der Waals surface area contributed by atoms with Gasteiger partial charge in [-0.15, -0.1) is 0 Å². The van der Waals surface area contributed by atoms with E-state index in [4.69, 9.17) is 11.6 Å². The van der Waals surface area contributed by atoms with Gasteiger partial charge in [-0.3, -0.25) is 19.7 Å². The number of nitrogens with one attached hydrogen (secondary N) is 1. The summed E-state index contributed by atoms with van der Waals surface area (Å²) >= 11 is 6.35. The van der Waals surface area contributed by atoms with Gasteiger partial charge in [0, 0.05) is 11.1 Å². The molecule has 6 nitrogen and oxygen atoms in total. The molecule has 0 radical (unpaired) electrons. The molecular formula is C29H33ClN2O4.